The van der Waals surface area contributed by atoms with Crippen molar-refractivity contribution in [3.63, 3.8) is 0 Å². The van der Waals surface area contributed by atoms with E-state index >= 15 is 0 Å². The van der Waals surface area contributed by atoms with Crippen LogP contribution in [0, 0.1) is 0 Å². The van der Waals surface area contributed by atoms with E-state index < -0.39 is 0 Å². The molecular weight excluding hydrogens is 238 g/mol. The van der Waals surface area contributed by atoms with Gasteiger partial charge in [-0.3, -0.25) is 0 Å². The SMILES string of the molecule is COCC(CNC1CC1)OCCCc1ccccc1. The van der Waals surface area contributed by atoms with E-state index in [2.05, 4.69) is 35.6 Å². The zero-order valence-electron chi connectivity index (χ0n) is 11.8. The van der Waals surface area contributed by atoms with Gasteiger partial charge in [0.05, 0.1) is 12.7 Å². The third-order valence-electron chi connectivity index (χ3n) is 3.37. The summed E-state index contributed by atoms with van der Waals surface area (Å²) in [6.07, 6.45) is 4.95. The van der Waals surface area contributed by atoms with E-state index in [-0.39, 0.29) is 6.10 Å². The second-order valence-electron chi connectivity index (χ2n) is 5.22. The second kappa shape index (κ2) is 8.31. The average Bonchev–Trinajstić information content (AvgIpc) is 3.26. The van der Waals surface area contributed by atoms with Gasteiger partial charge in [0.1, 0.15) is 0 Å². The lowest BCUT2D eigenvalue weighted by Crippen LogP contribution is -2.34. The predicted octanol–water partition coefficient (Wildman–Crippen LogP) is 2.40. The van der Waals surface area contributed by atoms with Crippen LogP contribution in [0.4, 0.5) is 0 Å². The Morgan fingerprint density at radius 3 is 2.74 bits per heavy atom. The molecule has 0 spiro atoms. The van der Waals surface area contributed by atoms with Crippen LogP contribution in [-0.4, -0.2) is 39.0 Å². The zero-order valence-corrected chi connectivity index (χ0v) is 11.8. The average molecular weight is 263 g/mol. The van der Waals surface area contributed by atoms with Crippen molar-refractivity contribution in [1.82, 2.24) is 5.32 Å². The lowest BCUT2D eigenvalue weighted by molar-refractivity contribution is -0.00192. The van der Waals surface area contributed by atoms with Gasteiger partial charge in [0, 0.05) is 26.3 Å². The maximum Gasteiger partial charge on any atom is 0.0932 e. The van der Waals surface area contributed by atoms with Gasteiger partial charge in [-0.2, -0.15) is 0 Å². The number of ether oxygens (including phenoxy) is 2. The van der Waals surface area contributed by atoms with Crippen LogP contribution in [-0.2, 0) is 15.9 Å². The molecule has 1 unspecified atom stereocenters. The molecule has 0 bridgehead atoms. The highest BCUT2D eigenvalue weighted by Crippen LogP contribution is 2.18. The van der Waals surface area contributed by atoms with Gasteiger partial charge in [-0.1, -0.05) is 30.3 Å². The molecule has 0 saturated heterocycles. The number of benzene rings is 1. The summed E-state index contributed by atoms with van der Waals surface area (Å²) in [6.45, 7) is 2.38. The molecule has 1 aromatic rings. The Labute approximate surface area is 116 Å². The molecule has 3 heteroatoms. The fourth-order valence-corrected chi connectivity index (χ4v) is 2.11. The molecule has 0 radical (unpaired) electrons. The lowest BCUT2D eigenvalue weighted by atomic mass is 10.1. The summed E-state index contributed by atoms with van der Waals surface area (Å²) in [6, 6.07) is 11.3. The smallest absolute Gasteiger partial charge is 0.0932 e. The Morgan fingerprint density at radius 1 is 1.26 bits per heavy atom. The van der Waals surface area contributed by atoms with Crippen LogP contribution in [0.5, 0.6) is 0 Å². The second-order valence-corrected chi connectivity index (χ2v) is 5.22. The number of hydrogen-bond acceptors (Lipinski definition) is 3. The summed E-state index contributed by atoms with van der Waals surface area (Å²) in [4.78, 5) is 0. The van der Waals surface area contributed by atoms with Gasteiger partial charge in [-0.15, -0.1) is 0 Å². The molecule has 1 saturated carbocycles. The number of hydrogen-bond donors (Lipinski definition) is 1. The first-order valence-electron chi connectivity index (χ1n) is 7.26. The van der Waals surface area contributed by atoms with Crippen molar-refractivity contribution >= 4 is 0 Å². The molecule has 1 aliphatic rings. The van der Waals surface area contributed by atoms with Crippen molar-refractivity contribution in [2.24, 2.45) is 0 Å². The van der Waals surface area contributed by atoms with Crippen molar-refractivity contribution in [2.45, 2.75) is 37.8 Å². The molecule has 1 aromatic carbocycles. The topological polar surface area (TPSA) is 30.5 Å². The molecule has 3 nitrogen and oxygen atoms in total. The van der Waals surface area contributed by atoms with E-state index in [4.69, 9.17) is 9.47 Å². The Bertz CT molecular complexity index is 338. The largest absolute Gasteiger partial charge is 0.382 e. The third kappa shape index (κ3) is 6.19. The maximum absolute atomic E-state index is 5.89. The molecule has 1 fully saturated rings. The van der Waals surface area contributed by atoms with Crippen LogP contribution in [0.2, 0.25) is 0 Å². The first kappa shape index (κ1) is 14.5. The normalized spacial score (nSPS) is 16.5. The van der Waals surface area contributed by atoms with Gasteiger partial charge in [0.2, 0.25) is 0 Å². The van der Waals surface area contributed by atoms with Crippen molar-refractivity contribution < 1.29 is 9.47 Å². The fourth-order valence-electron chi connectivity index (χ4n) is 2.11. The summed E-state index contributed by atoms with van der Waals surface area (Å²) in [5.41, 5.74) is 1.38. The van der Waals surface area contributed by atoms with Crippen molar-refractivity contribution in [3.05, 3.63) is 35.9 Å². The standard InChI is InChI=1S/C16H25NO2/c1-18-13-16(12-17-15-9-10-15)19-11-5-8-14-6-3-2-4-7-14/h2-4,6-7,15-17H,5,8-13H2,1H3. The highest BCUT2D eigenvalue weighted by Gasteiger charge is 2.22. The highest BCUT2D eigenvalue weighted by molar-refractivity contribution is 5.14. The van der Waals surface area contributed by atoms with Crippen molar-refractivity contribution in [3.8, 4) is 0 Å². The van der Waals surface area contributed by atoms with Crippen LogP contribution in [0.25, 0.3) is 0 Å². The van der Waals surface area contributed by atoms with E-state index in [1.165, 1.54) is 18.4 Å². The first-order chi connectivity index (χ1) is 9.38. The molecule has 1 N–H and O–H groups in total. The summed E-state index contributed by atoms with van der Waals surface area (Å²) >= 11 is 0. The van der Waals surface area contributed by atoms with Crippen LogP contribution < -0.4 is 5.32 Å². The van der Waals surface area contributed by atoms with Crippen LogP contribution in [0.3, 0.4) is 0 Å². The van der Waals surface area contributed by atoms with Crippen molar-refractivity contribution in [2.75, 3.05) is 26.9 Å². The van der Waals surface area contributed by atoms with Gasteiger partial charge in [-0.25, -0.2) is 0 Å². The number of nitrogens with one attached hydrogen (secondary N) is 1. The molecule has 1 atom stereocenters. The fraction of sp³-hybridized carbons (Fsp3) is 0.625. The number of methoxy groups -OCH3 is 1. The van der Waals surface area contributed by atoms with Gasteiger partial charge < -0.3 is 14.8 Å². The molecular formula is C16H25NO2. The van der Waals surface area contributed by atoms with E-state index in [0.29, 0.717) is 6.61 Å². The molecule has 0 aliphatic heterocycles. The summed E-state index contributed by atoms with van der Waals surface area (Å²) in [7, 11) is 1.73. The minimum absolute atomic E-state index is 0.182. The summed E-state index contributed by atoms with van der Waals surface area (Å²) in [5, 5.41) is 3.50. The molecule has 0 heterocycles. The van der Waals surface area contributed by atoms with Gasteiger partial charge in [0.25, 0.3) is 0 Å². The van der Waals surface area contributed by atoms with Gasteiger partial charge in [-0.05, 0) is 31.2 Å². The Hall–Kier alpha value is -0.900. The number of rotatable bonds is 10. The monoisotopic (exact) mass is 263 g/mol. The molecule has 0 aromatic heterocycles. The minimum Gasteiger partial charge on any atom is -0.382 e. The highest BCUT2D eigenvalue weighted by atomic mass is 16.5. The third-order valence-corrected chi connectivity index (χ3v) is 3.37. The van der Waals surface area contributed by atoms with E-state index in [0.717, 1.165) is 32.0 Å². The number of aryl methyl sites for hydroxylation is 1. The predicted molar refractivity (Wildman–Crippen MR) is 77.4 cm³/mol. The van der Waals surface area contributed by atoms with Crippen LogP contribution >= 0.6 is 0 Å². The molecule has 1 aliphatic carbocycles. The molecule has 19 heavy (non-hydrogen) atoms. The maximum atomic E-state index is 5.89. The summed E-state index contributed by atoms with van der Waals surface area (Å²) in [5.74, 6) is 0. The summed E-state index contributed by atoms with van der Waals surface area (Å²) < 4.78 is 11.1. The van der Waals surface area contributed by atoms with E-state index in [1.54, 1.807) is 7.11 Å². The Morgan fingerprint density at radius 2 is 2.05 bits per heavy atom. The van der Waals surface area contributed by atoms with E-state index in [9.17, 15) is 0 Å². The van der Waals surface area contributed by atoms with Gasteiger partial charge in [0.15, 0.2) is 0 Å². The Balaban J connectivity index is 1.58. The quantitative estimate of drug-likeness (QED) is 0.658. The van der Waals surface area contributed by atoms with Crippen LogP contribution in [0.1, 0.15) is 24.8 Å². The van der Waals surface area contributed by atoms with E-state index in [1.807, 2.05) is 0 Å². The zero-order chi connectivity index (χ0) is 13.3. The lowest BCUT2D eigenvalue weighted by Gasteiger charge is -2.17. The molecule has 106 valence electrons. The first-order valence-corrected chi connectivity index (χ1v) is 7.26. The van der Waals surface area contributed by atoms with Gasteiger partial charge >= 0.3 is 0 Å². The molecule has 0 amide bonds. The van der Waals surface area contributed by atoms with Crippen molar-refractivity contribution in [1.29, 1.82) is 0 Å². The minimum atomic E-state index is 0.182. The Kier molecular flexibility index (Phi) is 6.34. The molecule has 2 rings (SSSR count). The van der Waals surface area contributed by atoms with Crippen LogP contribution in [0.15, 0.2) is 30.3 Å².